The maximum atomic E-state index is 14.4. The molecule has 0 aliphatic heterocycles. The van der Waals surface area contributed by atoms with Crippen LogP contribution in [-0.4, -0.2) is 11.9 Å². The molecule has 2 aromatic rings. The van der Waals surface area contributed by atoms with Gasteiger partial charge in [0.1, 0.15) is 19.0 Å². The lowest BCUT2D eigenvalue weighted by molar-refractivity contribution is -0.185. The maximum Gasteiger partial charge on any atom is 0.426 e. The first-order chi connectivity index (χ1) is 14.1. The molecule has 0 saturated heterocycles. The lowest BCUT2D eigenvalue weighted by Crippen LogP contribution is -2.21. The number of esters is 2. The number of halogens is 2. The highest BCUT2D eigenvalue weighted by atomic mass is 19.3. The third-order valence-electron chi connectivity index (χ3n) is 3.90. The van der Waals surface area contributed by atoms with Crippen molar-refractivity contribution in [3.63, 3.8) is 0 Å². The fourth-order valence-electron chi connectivity index (χ4n) is 2.20. The smallest absolute Gasteiger partial charge is 0.426 e. The van der Waals surface area contributed by atoms with E-state index in [2.05, 4.69) is 13.2 Å². The van der Waals surface area contributed by atoms with Gasteiger partial charge in [-0.1, -0.05) is 37.4 Å². The normalized spacial score (nSPS) is 10.8. The van der Waals surface area contributed by atoms with Gasteiger partial charge in [0.15, 0.2) is 0 Å². The Morgan fingerprint density at radius 2 is 1.20 bits per heavy atom. The lowest BCUT2D eigenvalue weighted by Gasteiger charge is -2.19. The summed E-state index contributed by atoms with van der Waals surface area (Å²) in [6.07, 6.45) is -3.57. The monoisotopic (exact) mass is 416 g/mol. The molecular formula is C23H22F2O5. The fraction of sp³-hybridized carbons (Fsp3) is 0.217. The molecule has 0 atom stereocenters. The van der Waals surface area contributed by atoms with Gasteiger partial charge in [-0.3, -0.25) is 0 Å². The highest BCUT2D eigenvalue weighted by Gasteiger charge is 2.34. The lowest BCUT2D eigenvalue weighted by atomic mass is 10.1. The van der Waals surface area contributed by atoms with Crippen LogP contribution in [0.5, 0.6) is 5.75 Å². The minimum Gasteiger partial charge on any atom is -0.457 e. The number of carbonyl (C=O) groups excluding carboxylic acids is 2. The van der Waals surface area contributed by atoms with Gasteiger partial charge in [-0.25, -0.2) is 9.59 Å². The number of alkyl halides is 2. The molecule has 0 heterocycles. The Kier molecular flexibility index (Phi) is 7.47. The van der Waals surface area contributed by atoms with Crippen molar-refractivity contribution in [2.75, 3.05) is 0 Å². The predicted molar refractivity (Wildman–Crippen MR) is 107 cm³/mol. The molecule has 0 amide bonds. The molecule has 0 bridgehead atoms. The van der Waals surface area contributed by atoms with Crippen LogP contribution in [-0.2, 0) is 38.4 Å². The summed E-state index contributed by atoms with van der Waals surface area (Å²) in [6, 6.07) is 11.0. The summed E-state index contributed by atoms with van der Waals surface area (Å²) in [5.74, 6) is -1.13. The molecular weight excluding hydrogens is 394 g/mol. The predicted octanol–water partition coefficient (Wildman–Crippen LogP) is 5.05. The van der Waals surface area contributed by atoms with E-state index in [1.807, 2.05) is 0 Å². The molecule has 2 rings (SSSR count). The zero-order valence-electron chi connectivity index (χ0n) is 16.7. The van der Waals surface area contributed by atoms with E-state index in [1.54, 1.807) is 0 Å². The quantitative estimate of drug-likeness (QED) is 0.423. The van der Waals surface area contributed by atoms with Crippen LogP contribution in [0.15, 0.2) is 72.8 Å². The van der Waals surface area contributed by atoms with Crippen LogP contribution in [0.25, 0.3) is 0 Å². The van der Waals surface area contributed by atoms with Gasteiger partial charge in [-0.05, 0) is 49.2 Å². The zero-order chi connectivity index (χ0) is 22.3. The molecule has 0 N–H and O–H groups in total. The van der Waals surface area contributed by atoms with Crippen molar-refractivity contribution in [2.24, 2.45) is 0 Å². The molecule has 0 spiro atoms. The van der Waals surface area contributed by atoms with E-state index in [0.29, 0.717) is 11.1 Å². The van der Waals surface area contributed by atoms with E-state index in [1.165, 1.54) is 62.4 Å². The van der Waals surface area contributed by atoms with E-state index in [-0.39, 0.29) is 35.7 Å². The Morgan fingerprint density at radius 3 is 1.60 bits per heavy atom. The van der Waals surface area contributed by atoms with Crippen LogP contribution in [0.4, 0.5) is 8.78 Å². The minimum atomic E-state index is -3.57. The van der Waals surface area contributed by atoms with Crippen molar-refractivity contribution in [1.29, 1.82) is 0 Å². The van der Waals surface area contributed by atoms with Crippen molar-refractivity contribution in [1.82, 2.24) is 0 Å². The van der Waals surface area contributed by atoms with Crippen LogP contribution < -0.4 is 4.74 Å². The summed E-state index contributed by atoms with van der Waals surface area (Å²) in [6.45, 7) is 9.95. The summed E-state index contributed by atoms with van der Waals surface area (Å²) >= 11 is 0. The first-order valence-electron chi connectivity index (χ1n) is 8.99. The number of carbonyl (C=O) groups is 2. The van der Waals surface area contributed by atoms with Gasteiger partial charge in [-0.2, -0.15) is 8.78 Å². The van der Waals surface area contributed by atoms with Crippen molar-refractivity contribution < 1.29 is 32.6 Å². The minimum absolute atomic E-state index is 0.000218. The van der Waals surface area contributed by atoms with Gasteiger partial charge in [0.25, 0.3) is 0 Å². The highest BCUT2D eigenvalue weighted by molar-refractivity contribution is 5.87. The molecule has 0 aliphatic carbocycles. The zero-order valence-corrected chi connectivity index (χ0v) is 16.7. The number of ether oxygens (including phenoxy) is 3. The summed E-state index contributed by atoms with van der Waals surface area (Å²) in [5.41, 5.74) is 1.35. The molecule has 0 aromatic heterocycles. The van der Waals surface area contributed by atoms with Gasteiger partial charge >= 0.3 is 18.0 Å². The third kappa shape index (κ3) is 6.55. The molecule has 0 unspecified atom stereocenters. The Hall–Kier alpha value is -3.48. The highest BCUT2D eigenvalue weighted by Crippen LogP contribution is 2.32. The largest absolute Gasteiger partial charge is 0.457 e. The van der Waals surface area contributed by atoms with Gasteiger partial charge in [0.05, 0.1) is 5.56 Å². The molecule has 0 radical (unpaired) electrons. The molecule has 2 aromatic carbocycles. The Bertz CT molecular complexity index is 931. The van der Waals surface area contributed by atoms with Gasteiger partial charge in [0, 0.05) is 11.1 Å². The fourth-order valence-corrected chi connectivity index (χ4v) is 2.20. The van der Waals surface area contributed by atoms with E-state index >= 15 is 0 Å². The van der Waals surface area contributed by atoms with Crippen molar-refractivity contribution in [3.05, 3.63) is 89.5 Å². The average Bonchev–Trinajstić information content (AvgIpc) is 2.71. The average molecular weight is 416 g/mol. The number of hydrogen-bond acceptors (Lipinski definition) is 5. The van der Waals surface area contributed by atoms with Crippen molar-refractivity contribution >= 4 is 11.9 Å². The first-order valence-corrected chi connectivity index (χ1v) is 8.99. The van der Waals surface area contributed by atoms with Crippen LogP contribution in [0.1, 0.15) is 30.5 Å². The Morgan fingerprint density at radius 1 is 0.800 bits per heavy atom. The van der Waals surface area contributed by atoms with E-state index in [0.717, 1.165) is 0 Å². The van der Waals surface area contributed by atoms with Crippen molar-refractivity contribution in [2.45, 2.75) is 33.2 Å². The molecule has 158 valence electrons. The summed E-state index contributed by atoms with van der Waals surface area (Å²) in [4.78, 5) is 22.8. The topological polar surface area (TPSA) is 61.8 Å². The molecule has 0 aliphatic rings. The van der Waals surface area contributed by atoms with Gasteiger partial charge in [-0.15, -0.1) is 0 Å². The molecule has 0 fully saturated rings. The summed E-state index contributed by atoms with van der Waals surface area (Å²) < 4.78 is 43.7. The second kappa shape index (κ2) is 9.82. The summed E-state index contributed by atoms with van der Waals surface area (Å²) in [7, 11) is 0. The van der Waals surface area contributed by atoms with E-state index in [4.69, 9.17) is 14.2 Å². The second-order valence-electron chi connectivity index (χ2n) is 6.67. The van der Waals surface area contributed by atoms with Gasteiger partial charge < -0.3 is 14.2 Å². The van der Waals surface area contributed by atoms with Gasteiger partial charge in [0.2, 0.25) is 0 Å². The third-order valence-corrected chi connectivity index (χ3v) is 3.90. The van der Waals surface area contributed by atoms with E-state index in [9.17, 15) is 18.4 Å². The molecule has 5 nitrogen and oxygen atoms in total. The first kappa shape index (κ1) is 22.8. The second-order valence-corrected chi connectivity index (χ2v) is 6.67. The van der Waals surface area contributed by atoms with Crippen LogP contribution in [0, 0.1) is 0 Å². The molecule has 30 heavy (non-hydrogen) atoms. The SMILES string of the molecule is C=C(C)C(=O)OCc1ccc(OC(F)(F)c2ccc(COC(=O)C(=C)C)cc2)cc1. The standard InChI is InChI=1S/C23H22F2O5/c1-15(2)21(26)28-13-17-5-9-19(10-6-17)23(24,25)30-20-11-7-18(8-12-20)14-29-22(27)16(3)4/h5-12H,1,3,13-14H2,2,4H3. The van der Waals surface area contributed by atoms with Crippen molar-refractivity contribution in [3.8, 4) is 5.75 Å². The van der Waals surface area contributed by atoms with Crippen LogP contribution >= 0.6 is 0 Å². The molecule has 7 heteroatoms. The molecule has 0 saturated carbocycles. The maximum absolute atomic E-state index is 14.4. The van der Waals surface area contributed by atoms with Crippen LogP contribution in [0.2, 0.25) is 0 Å². The van der Waals surface area contributed by atoms with Crippen LogP contribution in [0.3, 0.4) is 0 Å². The Balaban J connectivity index is 1.97. The Labute approximate surface area is 173 Å². The van der Waals surface area contributed by atoms with E-state index < -0.39 is 18.0 Å². The number of hydrogen-bond donors (Lipinski definition) is 0. The number of rotatable bonds is 9. The summed E-state index contributed by atoms with van der Waals surface area (Å²) in [5, 5.41) is 0. The number of benzene rings is 2.